The maximum Gasteiger partial charge on any atom is 0.223 e. The number of aromatic nitrogens is 1. The van der Waals surface area contributed by atoms with Gasteiger partial charge in [-0.2, -0.15) is 0 Å². The highest BCUT2D eigenvalue weighted by atomic mass is 16.5. The van der Waals surface area contributed by atoms with E-state index in [-0.39, 0.29) is 17.9 Å². The van der Waals surface area contributed by atoms with Gasteiger partial charge in [0.2, 0.25) is 5.91 Å². The zero-order chi connectivity index (χ0) is 30.5. The Balaban J connectivity index is 1.27. The van der Waals surface area contributed by atoms with Gasteiger partial charge in [0.05, 0.1) is 20.3 Å². The number of carbonyl (C=O) groups excluding carboxylic acids is 1. The molecule has 2 heterocycles. The van der Waals surface area contributed by atoms with Crippen molar-refractivity contribution in [3.8, 4) is 11.5 Å². The number of benzene rings is 4. The standard InChI is InChI=1S/C38H41N3O3/c1-4-39-27-35(33-17-11-12-18-36(33)39)34(30-23-31(43-2)25-32(24-30)44-3)26-37(42)40-19-21-41(22-20-40)38(28-13-7-5-8-14-28)29-15-9-6-10-16-29/h5-18,23-25,27,34,38H,4,19-22,26H2,1-3H3. The highest BCUT2D eigenvalue weighted by Crippen LogP contribution is 2.38. The van der Waals surface area contributed by atoms with Gasteiger partial charge in [0.25, 0.3) is 0 Å². The Hall–Kier alpha value is -4.55. The van der Waals surface area contributed by atoms with E-state index in [1.165, 1.54) is 22.0 Å². The number of carbonyl (C=O) groups is 1. The van der Waals surface area contributed by atoms with E-state index < -0.39 is 0 Å². The fourth-order valence-electron chi connectivity index (χ4n) is 6.67. The Labute approximate surface area is 260 Å². The van der Waals surface area contributed by atoms with Crippen LogP contribution in [0.15, 0.2) is 109 Å². The van der Waals surface area contributed by atoms with Crippen molar-refractivity contribution in [1.82, 2.24) is 14.4 Å². The number of piperazine rings is 1. The van der Waals surface area contributed by atoms with Crippen LogP contribution in [-0.4, -0.2) is 60.7 Å². The molecule has 1 fully saturated rings. The number of nitrogens with zero attached hydrogens (tertiary/aromatic N) is 3. The van der Waals surface area contributed by atoms with Crippen molar-refractivity contribution in [2.45, 2.75) is 31.8 Å². The molecular formula is C38H41N3O3. The summed E-state index contributed by atoms with van der Waals surface area (Å²) in [6.07, 6.45) is 2.59. The molecule has 44 heavy (non-hydrogen) atoms. The van der Waals surface area contributed by atoms with Crippen LogP contribution in [0, 0.1) is 0 Å². The molecule has 1 aliphatic heterocycles. The third-order valence-electron chi connectivity index (χ3n) is 8.95. The lowest BCUT2D eigenvalue weighted by atomic mass is 9.87. The lowest BCUT2D eigenvalue weighted by Crippen LogP contribution is -2.50. The van der Waals surface area contributed by atoms with Crippen LogP contribution in [0.4, 0.5) is 0 Å². The van der Waals surface area contributed by atoms with Gasteiger partial charge < -0.3 is 18.9 Å². The first-order valence-electron chi connectivity index (χ1n) is 15.5. The van der Waals surface area contributed by atoms with E-state index in [1.807, 2.05) is 23.1 Å². The first-order chi connectivity index (χ1) is 21.6. The predicted molar refractivity (Wildman–Crippen MR) is 176 cm³/mol. The van der Waals surface area contributed by atoms with Gasteiger partial charge in [0, 0.05) is 68.2 Å². The third-order valence-corrected chi connectivity index (χ3v) is 8.95. The maximum absolute atomic E-state index is 14.1. The topological polar surface area (TPSA) is 46.9 Å². The molecule has 0 radical (unpaired) electrons. The second-order valence-corrected chi connectivity index (χ2v) is 11.4. The van der Waals surface area contributed by atoms with Crippen molar-refractivity contribution in [3.63, 3.8) is 0 Å². The molecule has 6 rings (SSSR count). The molecule has 0 saturated carbocycles. The minimum absolute atomic E-state index is 0.149. The van der Waals surface area contributed by atoms with Crippen LogP contribution in [0.2, 0.25) is 0 Å². The van der Waals surface area contributed by atoms with Crippen molar-refractivity contribution >= 4 is 16.8 Å². The van der Waals surface area contributed by atoms with E-state index in [1.54, 1.807) is 14.2 Å². The fourth-order valence-corrected chi connectivity index (χ4v) is 6.67. The minimum Gasteiger partial charge on any atom is -0.497 e. The summed E-state index contributed by atoms with van der Waals surface area (Å²) in [6.45, 7) is 6.02. The largest absolute Gasteiger partial charge is 0.497 e. The van der Waals surface area contributed by atoms with Gasteiger partial charge >= 0.3 is 0 Å². The molecule has 4 aromatic carbocycles. The molecule has 1 unspecified atom stereocenters. The number of methoxy groups -OCH3 is 2. The molecule has 1 saturated heterocycles. The smallest absolute Gasteiger partial charge is 0.223 e. The molecule has 6 heteroatoms. The van der Waals surface area contributed by atoms with E-state index in [0.717, 1.165) is 42.3 Å². The number of fused-ring (bicyclic) bond motifs is 1. The van der Waals surface area contributed by atoms with Crippen molar-refractivity contribution in [2.24, 2.45) is 0 Å². The normalized spacial score (nSPS) is 14.6. The number of aryl methyl sites for hydroxylation is 1. The van der Waals surface area contributed by atoms with Crippen LogP contribution >= 0.6 is 0 Å². The Morgan fingerprint density at radius 1 is 0.727 bits per heavy atom. The molecule has 1 amide bonds. The zero-order valence-corrected chi connectivity index (χ0v) is 25.9. The molecule has 0 bridgehead atoms. The van der Waals surface area contributed by atoms with E-state index in [4.69, 9.17) is 9.47 Å². The first-order valence-corrected chi connectivity index (χ1v) is 15.5. The average molecular weight is 588 g/mol. The van der Waals surface area contributed by atoms with Gasteiger partial charge in [0.15, 0.2) is 0 Å². The molecule has 6 nitrogen and oxygen atoms in total. The van der Waals surface area contributed by atoms with Crippen molar-refractivity contribution < 1.29 is 14.3 Å². The van der Waals surface area contributed by atoms with Gasteiger partial charge in [-0.1, -0.05) is 78.9 Å². The third kappa shape index (κ3) is 6.08. The maximum atomic E-state index is 14.1. The number of hydrogen-bond donors (Lipinski definition) is 0. The van der Waals surface area contributed by atoms with Crippen molar-refractivity contribution in [2.75, 3.05) is 40.4 Å². The summed E-state index contributed by atoms with van der Waals surface area (Å²) >= 11 is 0. The highest BCUT2D eigenvalue weighted by Gasteiger charge is 2.31. The Kier molecular flexibility index (Phi) is 8.99. The summed E-state index contributed by atoms with van der Waals surface area (Å²) in [4.78, 5) is 18.7. The van der Waals surface area contributed by atoms with Gasteiger partial charge in [-0.3, -0.25) is 9.69 Å². The summed E-state index contributed by atoms with van der Waals surface area (Å²) in [5.41, 5.74) is 5.90. The van der Waals surface area contributed by atoms with Gasteiger partial charge in [0.1, 0.15) is 11.5 Å². The predicted octanol–water partition coefficient (Wildman–Crippen LogP) is 7.13. The monoisotopic (exact) mass is 587 g/mol. The summed E-state index contributed by atoms with van der Waals surface area (Å²) in [7, 11) is 3.33. The lowest BCUT2D eigenvalue weighted by molar-refractivity contribution is -0.133. The number of para-hydroxylation sites is 1. The van der Waals surface area contributed by atoms with Crippen LogP contribution in [0.3, 0.4) is 0 Å². The lowest BCUT2D eigenvalue weighted by Gasteiger charge is -2.40. The average Bonchev–Trinajstić information content (AvgIpc) is 3.46. The summed E-state index contributed by atoms with van der Waals surface area (Å²) in [5.74, 6) is 1.46. The van der Waals surface area contributed by atoms with Crippen LogP contribution in [0.1, 0.15) is 47.6 Å². The molecule has 0 spiro atoms. The van der Waals surface area contributed by atoms with Gasteiger partial charge in [-0.05, 0) is 47.4 Å². The number of hydrogen-bond acceptors (Lipinski definition) is 4. The van der Waals surface area contributed by atoms with E-state index in [2.05, 4.69) is 108 Å². The first kappa shape index (κ1) is 29.5. The van der Waals surface area contributed by atoms with E-state index >= 15 is 0 Å². The zero-order valence-electron chi connectivity index (χ0n) is 25.9. The number of amides is 1. The Morgan fingerprint density at radius 2 is 1.30 bits per heavy atom. The number of rotatable bonds is 10. The van der Waals surface area contributed by atoms with Crippen LogP contribution in [0.5, 0.6) is 11.5 Å². The van der Waals surface area contributed by atoms with Crippen LogP contribution in [0.25, 0.3) is 10.9 Å². The molecule has 1 atom stereocenters. The van der Waals surface area contributed by atoms with E-state index in [0.29, 0.717) is 19.5 Å². The Bertz CT molecular complexity index is 1630. The van der Waals surface area contributed by atoms with Crippen molar-refractivity contribution in [1.29, 1.82) is 0 Å². The molecular weight excluding hydrogens is 546 g/mol. The van der Waals surface area contributed by atoms with E-state index in [9.17, 15) is 4.79 Å². The van der Waals surface area contributed by atoms with Gasteiger partial charge in [-0.25, -0.2) is 0 Å². The molecule has 5 aromatic rings. The summed E-state index contributed by atoms with van der Waals surface area (Å²) < 4.78 is 13.5. The molecule has 226 valence electrons. The SMILES string of the molecule is CCn1cc(C(CC(=O)N2CCN(C(c3ccccc3)c3ccccc3)CC2)c2cc(OC)cc(OC)c2)c2ccccc21. The molecule has 1 aliphatic rings. The second-order valence-electron chi connectivity index (χ2n) is 11.4. The Morgan fingerprint density at radius 3 is 1.86 bits per heavy atom. The molecule has 0 aliphatic carbocycles. The van der Waals surface area contributed by atoms with Crippen LogP contribution in [-0.2, 0) is 11.3 Å². The molecule has 0 N–H and O–H groups in total. The van der Waals surface area contributed by atoms with Crippen LogP contribution < -0.4 is 9.47 Å². The highest BCUT2D eigenvalue weighted by molar-refractivity contribution is 5.87. The summed E-state index contributed by atoms with van der Waals surface area (Å²) in [6, 6.07) is 36.0. The fraction of sp³-hybridized carbons (Fsp3) is 0.289. The minimum atomic E-state index is -0.149. The number of ether oxygens (including phenoxy) is 2. The molecule has 1 aromatic heterocycles. The van der Waals surface area contributed by atoms with Crippen molar-refractivity contribution in [3.05, 3.63) is 132 Å². The second kappa shape index (κ2) is 13.4. The quantitative estimate of drug-likeness (QED) is 0.174. The van der Waals surface area contributed by atoms with Gasteiger partial charge in [-0.15, -0.1) is 0 Å². The summed E-state index contributed by atoms with van der Waals surface area (Å²) in [5, 5.41) is 1.17.